The van der Waals surface area contributed by atoms with Gasteiger partial charge in [0.05, 0.1) is 0 Å². The number of hydrogen-bond acceptors (Lipinski definition) is 0. The summed E-state index contributed by atoms with van der Waals surface area (Å²) < 4.78 is 0. The van der Waals surface area contributed by atoms with E-state index in [0.717, 1.165) is 12.8 Å². The topological polar surface area (TPSA) is 23.8 Å². The van der Waals surface area contributed by atoms with Crippen molar-refractivity contribution in [2.75, 3.05) is 6.54 Å². The second-order valence-electron chi connectivity index (χ2n) is 3.52. The minimum absolute atomic E-state index is 0. The van der Waals surface area contributed by atoms with E-state index in [1.54, 1.807) is 0 Å². The molecule has 0 saturated carbocycles. The summed E-state index contributed by atoms with van der Waals surface area (Å²) in [6, 6.07) is 0. The molecule has 1 N–H and O–H groups in total. The minimum atomic E-state index is 0. The summed E-state index contributed by atoms with van der Waals surface area (Å²) >= 11 is 0. The Morgan fingerprint density at radius 2 is 1.65 bits per heavy atom. The fourth-order valence-electron chi connectivity index (χ4n) is 1.25. The fraction of sp³-hybridized carbons (Fsp3) is 0.692. The Labute approximate surface area is 131 Å². The molecular weight excluding hydrogens is 292 g/mol. The van der Waals surface area contributed by atoms with E-state index in [0.29, 0.717) is 6.54 Å². The van der Waals surface area contributed by atoms with Gasteiger partial charge in [0.1, 0.15) is 0 Å². The fourth-order valence-corrected chi connectivity index (χ4v) is 1.25. The van der Waals surface area contributed by atoms with Crippen molar-refractivity contribution in [2.24, 2.45) is 0 Å². The van der Waals surface area contributed by atoms with Crippen LogP contribution in [0.4, 0.5) is 0 Å². The molecule has 0 heterocycles. The first-order valence-corrected chi connectivity index (χ1v) is 5.78. The monoisotopic (exact) mass is 314 g/mol. The predicted octanol–water partition coefficient (Wildman–Crippen LogP) is -1.29. The summed E-state index contributed by atoms with van der Waals surface area (Å²) in [6.45, 7) is 2.84. The van der Waals surface area contributed by atoms with Crippen LogP contribution in [0.2, 0.25) is 0 Å². The largest absolute Gasteiger partial charge is 4.00 e. The summed E-state index contributed by atoms with van der Waals surface area (Å²) in [5, 5.41) is 0. The number of unbranched alkanes of at least 4 members (excludes halogenated alkanes) is 5. The molecule has 0 aromatic rings. The Morgan fingerprint density at radius 3 is 2.00 bits per heavy atom. The second-order valence-corrected chi connectivity index (χ2v) is 3.52. The van der Waals surface area contributed by atoms with Gasteiger partial charge < -0.3 is 30.5 Å². The molecule has 1 rings (SSSR count). The van der Waals surface area contributed by atoms with Gasteiger partial charge in [0.2, 0.25) is 0 Å². The van der Waals surface area contributed by atoms with Crippen LogP contribution in [0.1, 0.15) is 51.9 Å². The summed E-state index contributed by atoms with van der Waals surface area (Å²) in [7, 11) is 0. The SMILES string of the molecule is CCCCCCCC[NH-].[C-]1=CC=CC1.[Cl-].[Cl-].[V+4]. The van der Waals surface area contributed by atoms with E-state index < -0.39 is 0 Å². The molecule has 0 aliphatic heterocycles. The first-order chi connectivity index (χ1) is 6.91. The van der Waals surface area contributed by atoms with Crippen LogP contribution in [0.5, 0.6) is 0 Å². The van der Waals surface area contributed by atoms with Crippen LogP contribution < -0.4 is 24.8 Å². The van der Waals surface area contributed by atoms with Crippen LogP contribution in [-0.4, -0.2) is 6.54 Å². The molecule has 0 aromatic heterocycles. The smallest absolute Gasteiger partial charge is 1.00 e. The standard InChI is InChI=1S/C8H18N.C5H5.2ClH.V/c1-2-3-4-5-6-7-8-9;1-2-4-5-3-1;;;/h9H,2-8H2,1H3;1-3H,4H2;2*1H;/q2*-1;;;+4/p-2. The van der Waals surface area contributed by atoms with E-state index in [2.05, 4.69) is 19.1 Å². The van der Waals surface area contributed by atoms with Gasteiger partial charge in [0, 0.05) is 0 Å². The van der Waals surface area contributed by atoms with Crippen molar-refractivity contribution in [3.05, 3.63) is 30.0 Å². The number of allylic oxidation sites excluding steroid dienone is 4. The van der Waals surface area contributed by atoms with Gasteiger partial charge in [-0.2, -0.15) is 12.6 Å². The number of nitrogens with one attached hydrogen (secondary N) is 1. The third-order valence-electron chi connectivity index (χ3n) is 2.12. The summed E-state index contributed by atoms with van der Waals surface area (Å²) in [5.41, 5.74) is 6.88. The zero-order valence-electron chi connectivity index (χ0n) is 10.6. The summed E-state index contributed by atoms with van der Waals surface area (Å²) in [5.74, 6) is 0. The average Bonchev–Trinajstić information content (AvgIpc) is 2.76. The Morgan fingerprint density at radius 1 is 1.06 bits per heavy atom. The number of halogens is 2. The minimum Gasteiger partial charge on any atom is -1.00 e. The second kappa shape index (κ2) is 25.4. The maximum Gasteiger partial charge on any atom is 4.00 e. The maximum atomic E-state index is 6.88. The van der Waals surface area contributed by atoms with E-state index >= 15 is 0 Å². The molecular formula is C13H23Cl2NV. The molecule has 0 amide bonds. The van der Waals surface area contributed by atoms with Crippen LogP contribution in [-0.2, 0) is 18.6 Å². The molecule has 0 unspecified atom stereocenters. The number of rotatable bonds is 6. The van der Waals surface area contributed by atoms with Gasteiger partial charge >= 0.3 is 18.6 Å². The predicted molar refractivity (Wildman–Crippen MR) is 64.1 cm³/mol. The molecule has 99 valence electrons. The van der Waals surface area contributed by atoms with Crippen molar-refractivity contribution in [1.82, 2.24) is 0 Å². The molecule has 0 saturated heterocycles. The van der Waals surface area contributed by atoms with Gasteiger partial charge in [-0.1, -0.05) is 45.4 Å². The van der Waals surface area contributed by atoms with Gasteiger partial charge in [0.15, 0.2) is 0 Å². The van der Waals surface area contributed by atoms with Crippen molar-refractivity contribution >= 4 is 0 Å². The van der Waals surface area contributed by atoms with Crippen LogP contribution in [0.15, 0.2) is 18.2 Å². The van der Waals surface area contributed by atoms with E-state index in [1.807, 2.05) is 12.2 Å². The normalized spacial score (nSPS) is 10.5. The van der Waals surface area contributed by atoms with E-state index in [1.165, 1.54) is 32.1 Å². The van der Waals surface area contributed by atoms with Gasteiger partial charge in [-0.25, -0.2) is 12.2 Å². The van der Waals surface area contributed by atoms with Crippen molar-refractivity contribution in [3.8, 4) is 0 Å². The van der Waals surface area contributed by atoms with Crippen LogP contribution in [0.25, 0.3) is 5.73 Å². The number of hydrogen-bond donors (Lipinski definition) is 0. The average molecular weight is 315 g/mol. The van der Waals surface area contributed by atoms with E-state index in [-0.39, 0.29) is 43.4 Å². The molecule has 1 aliphatic rings. The van der Waals surface area contributed by atoms with Crippen molar-refractivity contribution in [3.63, 3.8) is 0 Å². The van der Waals surface area contributed by atoms with Crippen LogP contribution in [0.3, 0.4) is 0 Å². The quantitative estimate of drug-likeness (QED) is 0.430. The van der Waals surface area contributed by atoms with Gasteiger partial charge in [0.25, 0.3) is 0 Å². The van der Waals surface area contributed by atoms with Crippen molar-refractivity contribution in [1.29, 1.82) is 0 Å². The summed E-state index contributed by atoms with van der Waals surface area (Å²) in [6.07, 6.45) is 17.8. The van der Waals surface area contributed by atoms with Crippen LogP contribution >= 0.6 is 0 Å². The van der Waals surface area contributed by atoms with Crippen molar-refractivity contribution < 1.29 is 43.4 Å². The molecule has 0 fully saturated rings. The Kier molecular flexibility index (Phi) is 39.3. The Bertz CT molecular complexity index is 145. The third kappa shape index (κ3) is 26.3. The molecule has 1 aliphatic carbocycles. The summed E-state index contributed by atoms with van der Waals surface area (Å²) in [4.78, 5) is 0. The zero-order chi connectivity index (χ0) is 10.5. The third-order valence-corrected chi connectivity index (χ3v) is 2.12. The molecule has 0 bridgehead atoms. The van der Waals surface area contributed by atoms with Gasteiger partial charge in [-0.15, -0.1) is 6.42 Å². The molecule has 0 aromatic carbocycles. The first kappa shape index (κ1) is 26.2. The maximum absolute atomic E-state index is 6.88. The van der Waals surface area contributed by atoms with E-state index in [9.17, 15) is 0 Å². The molecule has 4 heteroatoms. The first-order valence-electron chi connectivity index (χ1n) is 5.78. The molecule has 0 atom stereocenters. The van der Waals surface area contributed by atoms with Crippen molar-refractivity contribution in [2.45, 2.75) is 51.9 Å². The van der Waals surface area contributed by atoms with E-state index in [4.69, 9.17) is 5.73 Å². The molecule has 1 nitrogen and oxygen atoms in total. The Balaban J connectivity index is -0.0000000921. The molecule has 0 spiro atoms. The molecule has 1 radical (unpaired) electrons. The molecule has 17 heavy (non-hydrogen) atoms. The van der Waals surface area contributed by atoms with Gasteiger partial charge in [-0.05, 0) is 0 Å². The van der Waals surface area contributed by atoms with Crippen LogP contribution in [0, 0.1) is 6.08 Å². The van der Waals surface area contributed by atoms with Gasteiger partial charge in [-0.3, -0.25) is 6.08 Å². The zero-order valence-corrected chi connectivity index (χ0v) is 13.5. The Hall–Kier alpha value is 0.604.